The molecule has 0 aromatic heterocycles. The van der Waals surface area contributed by atoms with Crippen molar-refractivity contribution in [3.8, 4) is 6.07 Å². The molecule has 5 heteroatoms. The Morgan fingerprint density at radius 1 is 1.28 bits per heavy atom. The van der Waals surface area contributed by atoms with Crippen LogP contribution in [-0.4, -0.2) is 18.1 Å². The molecule has 2 nitrogen and oxygen atoms in total. The highest BCUT2D eigenvalue weighted by atomic mass is 19.4. The summed E-state index contributed by atoms with van der Waals surface area (Å²) in [6, 6.07) is 2.20. The Balaban J connectivity index is 1.63. The van der Waals surface area contributed by atoms with Gasteiger partial charge in [0.2, 0.25) is 0 Å². The first-order valence-corrected chi connectivity index (χ1v) is 10.4. The van der Waals surface area contributed by atoms with Gasteiger partial charge in [0.25, 0.3) is 0 Å². The molecule has 3 aliphatic rings. The fraction of sp³-hybridized carbons (Fsp3) is 0.542. The number of hydrogen-bond acceptors (Lipinski definition) is 2. The number of rotatable bonds is 8. The van der Waals surface area contributed by atoms with Gasteiger partial charge in [0, 0.05) is 18.9 Å². The predicted molar refractivity (Wildman–Crippen MR) is 109 cm³/mol. The zero-order valence-corrected chi connectivity index (χ0v) is 17.1. The average Bonchev–Trinajstić information content (AvgIpc) is 3.39. The molecule has 0 bridgehead atoms. The van der Waals surface area contributed by atoms with Gasteiger partial charge < -0.3 is 4.90 Å². The van der Waals surface area contributed by atoms with Crippen molar-refractivity contribution < 1.29 is 13.2 Å². The number of nitriles is 1. The highest BCUT2D eigenvalue weighted by Crippen LogP contribution is 2.61. The quantitative estimate of drug-likeness (QED) is 0.410. The number of alkyl halides is 3. The van der Waals surface area contributed by atoms with E-state index in [9.17, 15) is 18.4 Å². The molecule has 1 heterocycles. The minimum atomic E-state index is -4.12. The van der Waals surface area contributed by atoms with Gasteiger partial charge in [0.05, 0.1) is 17.1 Å². The first kappa shape index (κ1) is 21.5. The van der Waals surface area contributed by atoms with Gasteiger partial charge in [-0.25, -0.2) is 0 Å². The van der Waals surface area contributed by atoms with Crippen LogP contribution in [-0.2, 0) is 0 Å². The van der Waals surface area contributed by atoms with Crippen LogP contribution in [0, 0.1) is 22.7 Å². The topological polar surface area (TPSA) is 27.0 Å². The average molecular weight is 403 g/mol. The number of allylic oxidation sites excluding steroid dienone is 6. The third-order valence-electron chi connectivity index (χ3n) is 6.50. The summed E-state index contributed by atoms with van der Waals surface area (Å²) < 4.78 is 39.5. The molecule has 2 fully saturated rings. The van der Waals surface area contributed by atoms with E-state index in [1.54, 1.807) is 6.08 Å². The fourth-order valence-corrected chi connectivity index (χ4v) is 4.25. The molecule has 0 aromatic rings. The van der Waals surface area contributed by atoms with Crippen LogP contribution < -0.4 is 0 Å². The summed E-state index contributed by atoms with van der Waals surface area (Å²) in [5.74, 6) is 0.450. The standard InChI is InChI=1S/C24H29F3N2/c1-17(15-23(11-12-23)24(25,26)27)6-4-7-18(2)22(20-8-5-9-20)21-14-19(16-28)10-13-29(21)3/h10,13-14,20H,1-2,4-9,11-12,15H2,3H3/b22-21+. The van der Waals surface area contributed by atoms with Crippen LogP contribution in [0.25, 0.3) is 0 Å². The van der Waals surface area contributed by atoms with E-state index in [1.165, 1.54) is 12.0 Å². The van der Waals surface area contributed by atoms with E-state index in [-0.39, 0.29) is 19.3 Å². The summed E-state index contributed by atoms with van der Waals surface area (Å²) in [5.41, 5.74) is 3.07. The maximum absolute atomic E-state index is 13.2. The van der Waals surface area contributed by atoms with Gasteiger partial charge in [-0.2, -0.15) is 18.4 Å². The summed E-state index contributed by atoms with van der Waals surface area (Å²) >= 11 is 0. The molecule has 0 amide bonds. The van der Waals surface area contributed by atoms with Crippen LogP contribution in [0.4, 0.5) is 13.2 Å². The van der Waals surface area contributed by atoms with Crippen molar-refractivity contribution in [2.24, 2.45) is 11.3 Å². The molecule has 0 spiro atoms. The van der Waals surface area contributed by atoms with Crippen LogP contribution in [0.1, 0.15) is 57.8 Å². The first-order valence-electron chi connectivity index (χ1n) is 10.4. The van der Waals surface area contributed by atoms with Crippen LogP contribution in [0.3, 0.4) is 0 Å². The van der Waals surface area contributed by atoms with E-state index in [0.717, 1.165) is 37.0 Å². The van der Waals surface area contributed by atoms with E-state index >= 15 is 0 Å². The highest BCUT2D eigenvalue weighted by molar-refractivity contribution is 5.49. The van der Waals surface area contributed by atoms with Crippen molar-refractivity contribution >= 4 is 0 Å². The normalized spacial score (nSPS) is 22.4. The Morgan fingerprint density at radius 3 is 2.48 bits per heavy atom. The second kappa shape index (κ2) is 8.26. The number of halogens is 3. The van der Waals surface area contributed by atoms with E-state index in [1.807, 2.05) is 24.2 Å². The van der Waals surface area contributed by atoms with Gasteiger partial charge in [0.1, 0.15) is 0 Å². The van der Waals surface area contributed by atoms with Crippen molar-refractivity contribution in [2.45, 2.75) is 64.0 Å². The van der Waals surface area contributed by atoms with Crippen molar-refractivity contribution in [2.75, 3.05) is 7.05 Å². The lowest BCUT2D eigenvalue weighted by Gasteiger charge is -2.34. The van der Waals surface area contributed by atoms with E-state index in [2.05, 4.69) is 19.2 Å². The predicted octanol–water partition coefficient (Wildman–Crippen LogP) is 6.96. The molecule has 2 saturated carbocycles. The first-order chi connectivity index (χ1) is 13.7. The van der Waals surface area contributed by atoms with Crippen LogP contribution in [0.5, 0.6) is 0 Å². The molecule has 0 atom stereocenters. The lowest BCUT2D eigenvalue weighted by atomic mass is 9.75. The van der Waals surface area contributed by atoms with Gasteiger partial charge in [-0.05, 0) is 80.6 Å². The number of hydrogen-bond donors (Lipinski definition) is 0. The number of nitrogens with zero attached hydrogens (tertiary/aromatic N) is 2. The molecule has 3 rings (SSSR count). The monoisotopic (exact) mass is 402 g/mol. The third kappa shape index (κ3) is 4.69. The van der Waals surface area contributed by atoms with Crippen molar-refractivity contribution in [3.05, 3.63) is 59.5 Å². The second-order valence-corrected chi connectivity index (χ2v) is 8.73. The maximum Gasteiger partial charge on any atom is 0.394 e. The Hall–Kier alpha value is -2.22. The molecule has 29 heavy (non-hydrogen) atoms. The van der Waals surface area contributed by atoms with Crippen molar-refractivity contribution in [1.82, 2.24) is 4.90 Å². The van der Waals surface area contributed by atoms with Crippen molar-refractivity contribution in [3.63, 3.8) is 0 Å². The Kier molecular flexibility index (Phi) is 6.12. The molecule has 1 aliphatic heterocycles. The Labute approximate surface area is 171 Å². The van der Waals surface area contributed by atoms with Crippen LogP contribution >= 0.6 is 0 Å². The van der Waals surface area contributed by atoms with E-state index < -0.39 is 11.6 Å². The molecule has 2 aliphatic carbocycles. The lowest BCUT2D eigenvalue weighted by Crippen LogP contribution is -2.24. The summed E-state index contributed by atoms with van der Waals surface area (Å²) in [6.07, 6.45) is 7.52. The molecule has 0 unspecified atom stereocenters. The molecule has 156 valence electrons. The molecule has 0 saturated heterocycles. The Morgan fingerprint density at radius 2 is 1.97 bits per heavy atom. The van der Waals surface area contributed by atoms with Gasteiger partial charge in [0.15, 0.2) is 0 Å². The van der Waals surface area contributed by atoms with Gasteiger partial charge in [-0.15, -0.1) is 0 Å². The minimum Gasteiger partial charge on any atom is -0.351 e. The molecular weight excluding hydrogens is 373 g/mol. The Bertz CT molecular complexity index is 812. The summed E-state index contributed by atoms with van der Waals surface area (Å²) in [5, 5.41) is 9.26. The minimum absolute atomic E-state index is 0.0569. The molecular formula is C24H29F3N2. The van der Waals surface area contributed by atoms with E-state index in [0.29, 0.717) is 23.5 Å². The highest BCUT2D eigenvalue weighted by Gasteiger charge is 2.62. The smallest absolute Gasteiger partial charge is 0.351 e. The zero-order valence-electron chi connectivity index (χ0n) is 17.1. The van der Waals surface area contributed by atoms with Gasteiger partial charge in [-0.1, -0.05) is 25.2 Å². The zero-order chi connectivity index (χ0) is 21.2. The van der Waals surface area contributed by atoms with Crippen LogP contribution in [0.15, 0.2) is 59.5 Å². The molecule has 0 aromatic carbocycles. The third-order valence-corrected chi connectivity index (χ3v) is 6.50. The summed E-state index contributed by atoms with van der Waals surface area (Å²) in [6.45, 7) is 8.23. The SMILES string of the molecule is C=C(CCCC(=C)/C(=C1/C=C(C#N)C=CN1C)C1CCC1)CC1(C(F)(F)F)CC1. The largest absolute Gasteiger partial charge is 0.394 e. The molecule has 0 radical (unpaired) electrons. The van der Waals surface area contributed by atoms with Gasteiger partial charge >= 0.3 is 6.18 Å². The fourth-order valence-electron chi connectivity index (χ4n) is 4.25. The summed E-state index contributed by atoms with van der Waals surface area (Å²) in [7, 11) is 1.97. The van der Waals surface area contributed by atoms with Crippen LogP contribution in [0.2, 0.25) is 0 Å². The van der Waals surface area contributed by atoms with Gasteiger partial charge in [-0.3, -0.25) is 0 Å². The van der Waals surface area contributed by atoms with Crippen molar-refractivity contribution in [1.29, 1.82) is 5.26 Å². The maximum atomic E-state index is 13.2. The second-order valence-electron chi connectivity index (χ2n) is 8.73. The number of likely N-dealkylation sites (N-methyl/N-ethyl adjacent to an activating group) is 1. The lowest BCUT2D eigenvalue weighted by molar-refractivity contribution is -0.186. The molecule has 0 N–H and O–H groups in total. The van der Waals surface area contributed by atoms with E-state index in [4.69, 9.17) is 0 Å². The summed E-state index contributed by atoms with van der Waals surface area (Å²) in [4.78, 5) is 2.03.